The van der Waals surface area contributed by atoms with E-state index in [0.29, 0.717) is 0 Å². The Bertz CT molecular complexity index is 7680. The molecule has 0 atom stereocenters. The fourth-order valence-electron chi connectivity index (χ4n) is 19.2. The maximum Gasteiger partial charge on any atom is 0.0266 e. The van der Waals surface area contributed by atoms with Crippen molar-refractivity contribution in [3.8, 4) is 168 Å². The van der Waals surface area contributed by atoms with Gasteiger partial charge in [0.25, 0.3) is 0 Å². The first-order chi connectivity index (χ1) is 67.4. The van der Waals surface area contributed by atoms with Gasteiger partial charge in [-0.2, -0.15) is 0 Å². The normalized spacial score (nSPS) is 12.1. The summed E-state index contributed by atoms with van der Waals surface area (Å²) in [5.41, 5.74) is 46.3. The zero-order valence-electron chi connectivity index (χ0n) is 80.0. The van der Waals surface area contributed by atoms with Crippen molar-refractivity contribution in [2.45, 2.75) is 78.6 Å². The number of aryl methyl sites for hydroxylation is 3. The molecule has 9 heteroatoms. The molecule has 0 saturated carbocycles. The van der Waals surface area contributed by atoms with Gasteiger partial charge in [0.05, 0.1) is 0 Å². The van der Waals surface area contributed by atoms with Crippen LogP contribution in [0.2, 0.25) is 0 Å². The van der Waals surface area contributed by atoms with Gasteiger partial charge in [0.15, 0.2) is 0 Å². The third kappa shape index (κ3) is 22.2. The molecule has 0 fully saturated rings. The first kappa shape index (κ1) is 99.2. The molecule has 0 spiro atoms. The van der Waals surface area contributed by atoms with E-state index in [2.05, 4.69) is 344 Å². The average Bonchev–Trinajstić information content (AvgIpc) is 1.55. The Kier molecular flexibility index (Phi) is 31.6. The number of nitrogens with zero attached hydrogens (tertiary/aromatic N) is 6. The van der Waals surface area contributed by atoms with E-state index in [1.165, 1.54) is 134 Å². The van der Waals surface area contributed by atoms with Crippen LogP contribution in [0, 0.1) is 57.2 Å². The molecule has 3 aliphatic rings. The van der Waals surface area contributed by atoms with Gasteiger partial charge < -0.3 is 29.9 Å². The van der Waals surface area contributed by atoms with Gasteiger partial charge in [-0.25, -0.2) is 0 Å². The van der Waals surface area contributed by atoms with Gasteiger partial charge in [-0.15, -0.1) is 214 Å². The van der Waals surface area contributed by atoms with Crippen LogP contribution in [0.5, 0.6) is 0 Å². The molecule has 6 nitrogen and oxygen atoms in total. The van der Waals surface area contributed by atoms with Crippen molar-refractivity contribution in [1.82, 2.24) is 29.9 Å². The molecule has 141 heavy (non-hydrogen) atoms. The van der Waals surface area contributed by atoms with Crippen molar-refractivity contribution in [3.63, 3.8) is 0 Å². The summed E-state index contributed by atoms with van der Waals surface area (Å²) in [4.78, 5) is 26.7. The molecule has 693 valence electrons. The molecule has 3 aliphatic carbocycles. The van der Waals surface area contributed by atoms with Crippen LogP contribution in [0.3, 0.4) is 0 Å². The number of hydrogen-bond acceptors (Lipinski definition) is 6. The van der Waals surface area contributed by atoms with Crippen molar-refractivity contribution in [3.05, 3.63) is 542 Å². The molecule has 6 heterocycles. The number of hydrogen-bond donors (Lipinski definition) is 0. The van der Waals surface area contributed by atoms with Gasteiger partial charge in [-0.1, -0.05) is 284 Å². The van der Waals surface area contributed by atoms with Gasteiger partial charge in [-0.3, -0.25) is 0 Å². The molecule has 0 saturated heterocycles. The first-order valence-electron chi connectivity index (χ1n) is 47.0. The van der Waals surface area contributed by atoms with E-state index in [1.54, 1.807) is 0 Å². The molecule has 15 aromatic carbocycles. The number of rotatable bonds is 12. The van der Waals surface area contributed by atoms with Crippen molar-refractivity contribution < 1.29 is 60.3 Å². The van der Waals surface area contributed by atoms with E-state index in [-0.39, 0.29) is 76.6 Å². The Hall–Kier alpha value is -14.9. The van der Waals surface area contributed by atoms with Crippen molar-refractivity contribution in [2.24, 2.45) is 0 Å². The van der Waals surface area contributed by atoms with Crippen LogP contribution < -0.4 is 0 Å². The minimum Gasteiger partial charge on any atom is -0.305 e. The Morgan fingerprint density at radius 3 is 0.858 bits per heavy atom. The minimum absolute atomic E-state index is 0. The van der Waals surface area contributed by atoms with E-state index in [1.807, 2.05) is 240 Å². The number of pyridine rings is 6. The second-order valence-electron chi connectivity index (χ2n) is 36.4. The van der Waals surface area contributed by atoms with Crippen molar-refractivity contribution in [1.29, 1.82) is 0 Å². The van der Waals surface area contributed by atoms with Gasteiger partial charge >= 0.3 is 0 Å². The maximum absolute atomic E-state index is 4.49. The molecule has 21 aromatic rings. The molecule has 6 aromatic heterocycles. The van der Waals surface area contributed by atoms with E-state index in [0.717, 1.165) is 84.6 Å². The summed E-state index contributed by atoms with van der Waals surface area (Å²) in [6.07, 6.45) is 5.47. The molecule has 0 amide bonds. The SMILES string of the molecule is CC1(C)c2ccccc2-c2cc(-c3cccc(-c4cc[c-]c(-c5ccccn5)c4)c3)ccc21.CC1(C)c2ccccc2-c2ccc(-c3cccc(-c4cc[c-]c(-c5ccccn5)c4)c3)cc21.CC1(C)c2ccccc2-c2cccc(-c3cccc(-c4cc[c-]c(-c5ccccn5)c4)c3)c21.Cc1cccc(-c2[c-]cccc2)n1.Cc1cccc(-c2[c-]cccc2)n1.Cc1cccc(-c2[c-]cccc2)n1.[Ir].[Ir].[Ir]. The van der Waals surface area contributed by atoms with E-state index in [9.17, 15) is 0 Å². The molecule has 24 rings (SSSR count). The molecule has 3 radical (unpaired) electrons. The standard InChI is InChI=1S/3C32H24N.3C12H10N.3Ir/c1-32(2)29-17-4-3-14-27(29)28-16-9-15-26(31(28)32)24-12-7-10-22(20-24)23-11-8-13-25(21-23)30-18-5-6-19-33-30;1-32(2)29-14-4-3-13-27(29)28-21-25(16-17-30(28)32)23-10-7-9-22(19-23)24-11-8-12-26(20-24)31-15-5-6-18-33-31;1-32(2)29-14-4-3-13-27(29)28-17-16-25(21-30(28)32)23-10-7-9-22(19-23)24-11-8-12-26(20-24)31-15-5-6-18-33-31;3*1-10-6-5-9-12(13-10)11-7-3-2-4-8-11;;;/h3-12,14-21H,1-2H3;2*3-11,13-21H,1-2H3;3*2-7,9H,1H3;;;/q6*-1;;;. The smallest absolute Gasteiger partial charge is 0.0266 e. The molecular formula is C132H102Ir3N6-6. The van der Waals surface area contributed by atoms with Crippen molar-refractivity contribution in [2.75, 3.05) is 0 Å². The van der Waals surface area contributed by atoms with Crippen LogP contribution in [0.25, 0.3) is 168 Å². The van der Waals surface area contributed by atoms with Crippen LogP contribution in [0.4, 0.5) is 0 Å². The van der Waals surface area contributed by atoms with Gasteiger partial charge in [0.1, 0.15) is 0 Å². The van der Waals surface area contributed by atoms with Crippen LogP contribution in [0.15, 0.2) is 455 Å². The topological polar surface area (TPSA) is 77.3 Å². The Labute approximate surface area is 871 Å². The average molecular weight is 2350 g/mol. The van der Waals surface area contributed by atoms with Crippen LogP contribution in [0.1, 0.15) is 92.0 Å². The minimum atomic E-state index is -0.0353. The quantitative estimate of drug-likeness (QED) is 0.113. The number of benzene rings is 15. The molecule has 0 aliphatic heterocycles. The Balaban J connectivity index is 0.000000127. The third-order valence-electron chi connectivity index (χ3n) is 26.2. The molecule has 0 bridgehead atoms. The molecule has 0 N–H and O–H groups in total. The summed E-state index contributed by atoms with van der Waals surface area (Å²) in [7, 11) is 0. The summed E-state index contributed by atoms with van der Waals surface area (Å²) >= 11 is 0. The summed E-state index contributed by atoms with van der Waals surface area (Å²) in [6, 6.07) is 171. The van der Waals surface area contributed by atoms with Crippen LogP contribution >= 0.6 is 0 Å². The van der Waals surface area contributed by atoms with Gasteiger partial charge in [-0.05, 0) is 238 Å². The molecule has 0 unspecified atom stereocenters. The van der Waals surface area contributed by atoms with Crippen LogP contribution in [-0.2, 0) is 76.6 Å². The van der Waals surface area contributed by atoms with E-state index >= 15 is 0 Å². The fraction of sp³-hybridized carbons (Fsp3) is 0.0909. The number of aromatic nitrogens is 6. The van der Waals surface area contributed by atoms with E-state index < -0.39 is 0 Å². The third-order valence-corrected chi connectivity index (χ3v) is 26.2. The first-order valence-corrected chi connectivity index (χ1v) is 47.0. The monoisotopic (exact) mass is 2350 g/mol. The van der Waals surface area contributed by atoms with Crippen molar-refractivity contribution >= 4 is 0 Å². The maximum atomic E-state index is 4.49. The second kappa shape index (κ2) is 45.0. The van der Waals surface area contributed by atoms with Gasteiger partial charge in [0, 0.05) is 112 Å². The zero-order valence-corrected chi connectivity index (χ0v) is 87.2. The van der Waals surface area contributed by atoms with Crippen LogP contribution in [-0.4, -0.2) is 29.9 Å². The zero-order chi connectivity index (χ0) is 94.5. The second-order valence-corrected chi connectivity index (χ2v) is 36.4. The fourth-order valence-corrected chi connectivity index (χ4v) is 19.2. The Morgan fingerprint density at radius 2 is 0.461 bits per heavy atom. The number of fused-ring (bicyclic) bond motifs is 9. The predicted molar refractivity (Wildman–Crippen MR) is 571 cm³/mol. The summed E-state index contributed by atoms with van der Waals surface area (Å²) in [5.74, 6) is 0. The summed E-state index contributed by atoms with van der Waals surface area (Å²) in [5, 5.41) is 0. The Morgan fingerprint density at radius 1 is 0.177 bits per heavy atom. The summed E-state index contributed by atoms with van der Waals surface area (Å²) < 4.78 is 0. The van der Waals surface area contributed by atoms with E-state index in [4.69, 9.17) is 0 Å². The molecular weight excluding hydrogens is 2250 g/mol. The van der Waals surface area contributed by atoms with Gasteiger partial charge in [0.2, 0.25) is 0 Å². The predicted octanol–water partition coefficient (Wildman–Crippen LogP) is 33.1. The largest absolute Gasteiger partial charge is 0.305 e. The summed E-state index contributed by atoms with van der Waals surface area (Å²) in [6.45, 7) is 20.0.